The summed E-state index contributed by atoms with van der Waals surface area (Å²) in [6, 6.07) is 11.2. The van der Waals surface area contributed by atoms with E-state index in [0.717, 1.165) is 5.56 Å². The first-order chi connectivity index (χ1) is 18.5. The van der Waals surface area contributed by atoms with Crippen LogP contribution in [0.4, 0.5) is 0 Å². The molecular formula is C26H37N3O8S2. The second kappa shape index (κ2) is 12.1. The first kappa shape index (κ1) is 29.7. The number of nitrogens with zero attached hydrogens (tertiary/aromatic N) is 1. The maximum Gasteiger partial charge on any atom is 0.246 e. The standard InChI is InChI=1S/C26H37N3O8S2/c1-19-7-8-25(24(13-19)35-3)39(33,34)29-11-9-26(10-12-29)15-20(17-37-26)28-16-21(30)18-36-22-5-4-6-23(14-22)38(31,32)27-2/h4-8,13-14,20-21,27-28,30H,9-12,15-18H2,1-3H3/t20?,21-/m0/s1. The summed E-state index contributed by atoms with van der Waals surface area (Å²) >= 11 is 0. The summed E-state index contributed by atoms with van der Waals surface area (Å²) in [5.74, 6) is 0.688. The predicted molar refractivity (Wildman–Crippen MR) is 145 cm³/mol. The third-order valence-electron chi connectivity index (χ3n) is 7.25. The lowest BCUT2D eigenvalue weighted by molar-refractivity contribution is -0.0312. The fraction of sp³-hybridized carbons (Fsp3) is 0.538. The molecule has 0 saturated carbocycles. The van der Waals surface area contributed by atoms with Crippen LogP contribution >= 0.6 is 0 Å². The number of benzene rings is 2. The summed E-state index contributed by atoms with van der Waals surface area (Å²) in [5.41, 5.74) is 0.522. The van der Waals surface area contributed by atoms with Crippen molar-refractivity contribution in [2.75, 3.05) is 47.0 Å². The highest BCUT2D eigenvalue weighted by Gasteiger charge is 2.45. The van der Waals surface area contributed by atoms with Gasteiger partial charge in [-0.1, -0.05) is 12.1 Å². The first-order valence-electron chi connectivity index (χ1n) is 12.8. The van der Waals surface area contributed by atoms with Crippen LogP contribution in [0, 0.1) is 6.92 Å². The van der Waals surface area contributed by atoms with Gasteiger partial charge in [-0.2, -0.15) is 4.31 Å². The Morgan fingerprint density at radius 3 is 2.59 bits per heavy atom. The SMILES string of the molecule is CNS(=O)(=O)c1cccc(OC[C@@H](O)CNC2COC3(CCN(S(=O)(=O)c4ccc(C)cc4OC)CC3)C2)c1. The normalized spacial score (nSPS) is 20.7. The van der Waals surface area contributed by atoms with Gasteiger partial charge in [0.1, 0.15) is 29.1 Å². The summed E-state index contributed by atoms with van der Waals surface area (Å²) in [6.45, 7) is 3.32. The van der Waals surface area contributed by atoms with E-state index in [-0.39, 0.29) is 29.0 Å². The molecule has 3 N–H and O–H groups in total. The molecule has 2 aliphatic rings. The molecule has 2 aromatic rings. The van der Waals surface area contributed by atoms with Crippen LogP contribution in [0.25, 0.3) is 0 Å². The molecule has 2 fully saturated rings. The largest absolute Gasteiger partial charge is 0.495 e. The van der Waals surface area contributed by atoms with Gasteiger partial charge in [-0.15, -0.1) is 0 Å². The third kappa shape index (κ3) is 6.91. The molecule has 39 heavy (non-hydrogen) atoms. The molecule has 2 atom stereocenters. The lowest BCUT2D eigenvalue weighted by atomic mass is 9.88. The van der Waals surface area contributed by atoms with Crippen molar-refractivity contribution in [3.05, 3.63) is 48.0 Å². The van der Waals surface area contributed by atoms with Crippen molar-refractivity contribution >= 4 is 20.0 Å². The Morgan fingerprint density at radius 1 is 1.15 bits per heavy atom. The van der Waals surface area contributed by atoms with E-state index in [9.17, 15) is 21.9 Å². The van der Waals surface area contributed by atoms with Crippen LogP contribution in [-0.4, -0.2) is 91.0 Å². The Bertz CT molecular complexity index is 1360. The van der Waals surface area contributed by atoms with E-state index in [4.69, 9.17) is 14.2 Å². The first-order valence-corrected chi connectivity index (χ1v) is 15.8. The Balaban J connectivity index is 1.25. The number of sulfonamides is 2. The van der Waals surface area contributed by atoms with Crippen LogP contribution in [0.5, 0.6) is 11.5 Å². The monoisotopic (exact) mass is 583 g/mol. The second-order valence-corrected chi connectivity index (χ2v) is 13.8. The lowest BCUT2D eigenvalue weighted by Gasteiger charge is -2.38. The Hall–Kier alpha value is -2.26. The van der Waals surface area contributed by atoms with Crippen LogP contribution in [0.1, 0.15) is 24.8 Å². The van der Waals surface area contributed by atoms with E-state index in [1.807, 2.05) is 6.92 Å². The van der Waals surface area contributed by atoms with Crippen LogP contribution < -0.4 is 19.5 Å². The second-order valence-electron chi connectivity index (χ2n) is 10.0. The maximum absolute atomic E-state index is 13.3. The van der Waals surface area contributed by atoms with Crippen molar-refractivity contribution in [3.63, 3.8) is 0 Å². The highest BCUT2D eigenvalue weighted by atomic mass is 32.2. The van der Waals surface area contributed by atoms with Gasteiger partial charge >= 0.3 is 0 Å². The van der Waals surface area contributed by atoms with Gasteiger partial charge in [0.2, 0.25) is 20.0 Å². The molecule has 4 rings (SSSR count). The molecular weight excluding hydrogens is 546 g/mol. The molecule has 2 saturated heterocycles. The smallest absolute Gasteiger partial charge is 0.246 e. The van der Waals surface area contributed by atoms with Crippen molar-refractivity contribution < 1.29 is 36.2 Å². The van der Waals surface area contributed by atoms with Crippen LogP contribution in [0.2, 0.25) is 0 Å². The molecule has 2 aliphatic heterocycles. The summed E-state index contributed by atoms with van der Waals surface area (Å²) in [7, 11) is -4.47. The van der Waals surface area contributed by atoms with Gasteiger partial charge in [0.05, 0.1) is 24.2 Å². The minimum Gasteiger partial charge on any atom is -0.495 e. The van der Waals surface area contributed by atoms with Crippen LogP contribution in [-0.2, 0) is 24.8 Å². The zero-order valence-electron chi connectivity index (χ0n) is 22.4. The van der Waals surface area contributed by atoms with Crippen molar-refractivity contribution in [1.82, 2.24) is 14.3 Å². The molecule has 2 heterocycles. The summed E-state index contributed by atoms with van der Waals surface area (Å²) < 4.78 is 71.3. The van der Waals surface area contributed by atoms with Gasteiger partial charge in [0.15, 0.2) is 0 Å². The van der Waals surface area contributed by atoms with Crippen LogP contribution in [0.15, 0.2) is 52.3 Å². The minimum absolute atomic E-state index is 0.00985. The number of hydrogen-bond acceptors (Lipinski definition) is 9. The molecule has 216 valence electrons. The molecule has 0 aromatic heterocycles. The number of rotatable bonds is 11. The van der Waals surface area contributed by atoms with Gasteiger partial charge in [-0.25, -0.2) is 21.6 Å². The summed E-state index contributed by atoms with van der Waals surface area (Å²) in [4.78, 5) is 0.255. The van der Waals surface area contributed by atoms with E-state index in [1.165, 1.54) is 30.6 Å². The number of aliphatic hydroxyl groups is 1. The van der Waals surface area contributed by atoms with Crippen molar-refractivity contribution in [2.45, 2.75) is 53.7 Å². The van der Waals surface area contributed by atoms with E-state index in [0.29, 0.717) is 50.5 Å². The number of aryl methyl sites for hydroxylation is 1. The molecule has 1 spiro atoms. The van der Waals surface area contributed by atoms with Crippen molar-refractivity contribution in [3.8, 4) is 11.5 Å². The van der Waals surface area contributed by atoms with Gasteiger partial charge in [0, 0.05) is 31.7 Å². The fourth-order valence-corrected chi connectivity index (χ4v) is 7.33. The van der Waals surface area contributed by atoms with Gasteiger partial charge in [-0.3, -0.25) is 0 Å². The highest BCUT2D eigenvalue weighted by molar-refractivity contribution is 7.89. The maximum atomic E-state index is 13.3. The molecule has 0 amide bonds. The molecule has 1 unspecified atom stereocenters. The number of hydrogen-bond donors (Lipinski definition) is 3. The quantitative estimate of drug-likeness (QED) is 0.356. The number of nitrogens with one attached hydrogen (secondary N) is 2. The molecule has 2 aromatic carbocycles. The lowest BCUT2D eigenvalue weighted by Crippen LogP contribution is -2.47. The average molecular weight is 584 g/mol. The number of aliphatic hydroxyl groups excluding tert-OH is 1. The minimum atomic E-state index is -3.69. The molecule has 0 bridgehead atoms. The van der Waals surface area contributed by atoms with E-state index < -0.39 is 31.8 Å². The third-order valence-corrected chi connectivity index (χ3v) is 10.6. The van der Waals surface area contributed by atoms with Gasteiger partial charge in [-0.05, 0) is 63.1 Å². The summed E-state index contributed by atoms with van der Waals surface area (Å²) in [6.07, 6.45) is 1.06. The Morgan fingerprint density at radius 2 is 1.90 bits per heavy atom. The predicted octanol–water partition coefficient (Wildman–Crippen LogP) is 1.25. The van der Waals surface area contributed by atoms with E-state index >= 15 is 0 Å². The molecule has 0 radical (unpaired) electrons. The summed E-state index contributed by atoms with van der Waals surface area (Å²) in [5, 5.41) is 13.7. The number of piperidine rings is 1. The number of methoxy groups -OCH3 is 1. The van der Waals surface area contributed by atoms with Crippen LogP contribution in [0.3, 0.4) is 0 Å². The number of ether oxygens (including phenoxy) is 3. The fourth-order valence-electron chi connectivity index (χ4n) is 4.99. The topological polar surface area (TPSA) is 144 Å². The molecule has 11 nitrogen and oxygen atoms in total. The van der Waals surface area contributed by atoms with Crippen molar-refractivity contribution in [1.29, 1.82) is 0 Å². The zero-order valence-corrected chi connectivity index (χ0v) is 24.1. The van der Waals surface area contributed by atoms with Gasteiger partial charge in [0.25, 0.3) is 0 Å². The van der Waals surface area contributed by atoms with E-state index in [1.54, 1.807) is 30.3 Å². The van der Waals surface area contributed by atoms with E-state index in [2.05, 4.69) is 10.0 Å². The van der Waals surface area contributed by atoms with Crippen molar-refractivity contribution in [2.24, 2.45) is 0 Å². The van der Waals surface area contributed by atoms with Gasteiger partial charge < -0.3 is 24.6 Å². The zero-order chi connectivity index (χ0) is 28.3. The Labute approximate surface area is 230 Å². The highest BCUT2D eigenvalue weighted by Crippen LogP contribution is 2.38. The average Bonchev–Trinajstić information content (AvgIpc) is 3.32. The Kier molecular flexibility index (Phi) is 9.21. The molecule has 13 heteroatoms. The molecule has 0 aliphatic carbocycles.